The summed E-state index contributed by atoms with van der Waals surface area (Å²) in [4.78, 5) is 8.33. The van der Waals surface area contributed by atoms with E-state index in [0.29, 0.717) is 24.8 Å². The number of hydrogen-bond acceptors (Lipinski definition) is 5. The van der Waals surface area contributed by atoms with Gasteiger partial charge in [-0.15, -0.1) is 0 Å². The fourth-order valence-electron chi connectivity index (χ4n) is 1.58. The molecule has 94 valence electrons. The molecule has 0 bridgehead atoms. The molecule has 1 aliphatic heterocycles. The zero-order valence-corrected chi connectivity index (χ0v) is 11.2. The molecule has 0 saturated carbocycles. The van der Waals surface area contributed by atoms with Gasteiger partial charge in [0.05, 0.1) is 18.9 Å². The lowest BCUT2D eigenvalue weighted by molar-refractivity contribution is 0.109. The Bertz CT molecular complexity index is 545. The Hall–Kier alpha value is -0.720. The standard InChI is InChI=1S/C10H13ClN2O3S/c1-6(17(2,14)15)10-12-8-3-4-16-5-7(8)9(11)13-10/h6H,3-5H2,1-2H3. The van der Waals surface area contributed by atoms with Crippen molar-refractivity contribution in [1.29, 1.82) is 0 Å². The quantitative estimate of drug-likeness (QED) is 0.762. The van der Waals surface area contributed by atoms with Crippen LogP contribution in [0.4, 0.5) is 0 Å². The molecule has 1 aromatic rings. The summed E-state index contributed by atoms with van der Waals surface area (Å²) in [5, 5.41) is -0.451. The average Bonchev–Trinajstić information content (AvgIpc) is 2.27. The molecule has 0 aromatic carbocycles. The number of rotatable bonds is 2. The molecular weight excluding hydrogens is 264 g/mol. The van der Waals surface area contributed by atoms with Gasteiger partial charge >= 0.3 is 0 Å². The monoisotopic (exact) mass is 276 g/mol. The fraction of sp³-hybridized carbons (Fsp3) is 0.600. The van der Waals surface area contributed by atoms with Crippen LogP contribution in [0.15, 0.2) is 0 Å². The summed E-state index contributed by atoms with van der Waals surface area (Å²) in [5.41, 5.74) is 1.56. The Morgan fingerprint density at radius 3 is 2.76 bits per heavy atom. The molecule has 2 heterocycles. The van der Waals surface area contributed by atoms with Crippen LogP contribution in [0.25, 0.3) is 0 Å². The third-order valence-electron chi connectivity index (χ3n) is 2.80. The minimum atomic E-state index is -3.21. The van der Waals surface area contributed by atoms with E-state index >= 15 is 0 Å². The number of aromatic nitrogens is 2. The lowest BCUT2D eigenvalue weighted by atomic mass is 10.1. The number of hydrogen-bond donors (Lipinski definition) is 0. The Morgan fingerprint density at radius 2 is 2.12 bits per heavy atom. The molecule has 17 heavy (non-hydrogen) atoms. The van der Waals surface area contributed by atoms with Crippen LogP contribution in [-0.4, -0.2) is 31.2 Å². The minimum Gasteiger partial charge on any atom is -0.376 e. The molecule has 0 N–H and O–H groups in total. The van der Waals surface area contributed by atoms with Crippen LogP contribution in [0.5, 0.6) is 0 Å². The smallest absolute Gasteiger partial charge is 0.157 e. The van der Waals surface area contributed by atoms with Gasteiger partial charge in [-0.1, -0.05) is 11.6 Å². The number of ether oxygens (including phenoxy) is 1. The SMILES string of the molecule is CC(c1nc(Cl)c2c(n1)CCOC2)S(C)(=O)=O. The molecule has 0 fully saturated rings. The van der Waals surface area contributed by atoms with Crippen molar-refractivity contribution in [2.75, 3.05) is 12.9 Å². The van der Waals surface area contributed by atoms with E-state index in [4.69, 9.17) is 16.3 Å². The summed E-state index contributed by atoms with van der Waals surface area (Å²) >= 11 is 6.02. The molecule has 0 amide bonds. The molecule has 0 spiro atoms. The van der Waals surface area contributed by atoms with Gasteiger partial charge in [-0.2, -0.15) is 0 Å². The number of halogens is 1. The van der Waals surface area contributed by atoms with Gasteiger partial charge in [0.15, 0.2) is 9.84 Å². The van der Waals surface area contributed by atoms with Crippen molar-refractivity contribution in [3.05, 3.63) is 22.2 Å². The summed E-state index contributed by atoms with van der Waals surface area (Å²) in [7, 11) is -3.21. The Morgan fingerprint density at radius 1 is 1.41 bits per heavy atom. The molecular formula is C10H13ClN2O3S. The summed E-state index contributed by atoms with van der Waals surface area (Å²) in [6.45, 7) is 2.53. The topological polar surface area (TPSA) is 69.2 Å². The van der Waals surface area contributed by atoms with Gasteiger partial charge in [0, 0.05) is 18.2 Å². The summed E-state index contributed by atoms with van der Waals surface area (Å²) in [6, 6.07) is 0. The predicted molar refractivity (Wildman–Crippen MR) is 63.7 cm³/mol. The molecule has 1 unspecified atom stereocenters. The first-order chi connectivity index (χ1) is 7.89. The molecule has 0 radical (unpaired) electrons. The molecule has 1 aromatic heterocycles. The van der Waals surface area contributed by atoms with Gasteiger partial charge in [0.25, 0.3) is 0 Å². The summed E-state index contributed by atoms with van der Waals surface area (Å²) in [5.74, 6) is 0.262. The molecule has 2 rings (SSSR count). The van der Waals surface area contributed by atoms with Gasteiger partial charge in [-0.05, 0) is 6.92 Å². The first-order valence-corrected chi connectivity index (χ1v) is 7.54. The molecule has 0 saturated heterocycles. The average molecular weight is 277 g/mol. The largest absolute Gasteiger partial charge is 0.376 e. The van der Waals surface area contributed by atoms with E-state index in [1.165, 1.54) is 0 Å². The summed E-state index contributed by atoms with van der Waals surface area (Å²) < 4.78 is 28.2. The van der Waals surface area contributed by atoms with Gasteiger partial charge in [-0.25, -0.2) is 18.4 Å². The van der Waals surface area contributed by atoms with E-state index in [9.17, 15) is 8.42 Å². The second kappa shape index (κ2) is 4.51. The Kier molecular flexibility index (Phi) is 3.38. The number of nitrogens with zero attached hydrogens (tertiary/aromatic N) is 2. The second-order valence-corrected chi connectivity index (χ2v) is 6.80. The van der Waals surface area contributed by atoms with E-state index < -0.39 is 15.1 Å². The molecule has 1 aliphatic rings. The zero-order chi connectivity index (χ0) is 12.6. The van der Waals surface area contributed by atoms with Crippen molar-refractivity contribution >= 4 is 21.4 Å². The minimum absolute atomic E-state index is 0.262. The fourth-order valence-corrected chi connectivity index (χ4v) is 2.32. The number of sulfone groups is 1. The predicted octanol–water partition coefficient (Wildman–Crippen LogP) is 1.31. The van der Waals surface area contributed by atoms with Gasteiger partial charge in [0.2, 0.25) is 0 Å². The third-order valence-corrected chi connectivity index (χ3v) is 4.60. The maximum absolute atomic E-state index is 11.5. The zero-order valence-electron chi connectivity index (χ0n) is 9.60. The van der Waals surface area contributed by atoms with E-state index in [0.717, 1.165) is 17.5 Å². The molecule has 5 nitrogen and oxygen atoms in total. The Labute approximate surface area is 105 Å². The van der Waals surface area contributed by atoms with E-state index in [-0.39, 0.29) is 5.82 Å². The first-order valence-electron chi connectivity index (χ1n) is 5.21. The lowest BCUT2D eigenvalue weighted by Gasteiger charge is -2.18. The highest BCUT2D eigenvalue weighted by atomic mass is 35.5. The highest BCUT2D eigenvalue weighted by molar-refractivity contribution is 7.90. The third kappa shape index (κ3) is 2.59. The first kappa shape index (κ1) is 12.7. The van der Waals surface area contributed by atoms with E-state index in [1.54, 1.807) is 6.92 Å². The van der Waals surface area contributed by atoms with Gasteiger partial charge in [-0.3, -0.25) is 0 Å². The van der Waals surface area contributed by atoms with Crippen molar-refractivity contribution in [3.63, 3.8) is 0 Å². The maximum Gasteiger partial charge on any atom is 0.157 e. The summed E-state index contributed by atoms with van der Waals surface area (Å²) in [6.07, 6.45) is 1.80. The molecule has 1 atom stereocenters. The van der Waals surface area contributed by atoms with Crippen molar-refractivity contribution in [2.24, 2.45) is 0 Å². The maximum atomic E-state index is 11.5. The van der Waals surface area contributed by atoms with Crippen molar-refractivity contribution in [3.8, 4) is 0 Å². The van der Waals surface area contributed by atoms with Gasteiger partial charge < -0.3 is 4.74 Å². The van der Waals surface area contributed by atoms with Crippen LogP contribution in [-0.2, 0) is 27.6 Å². The van der Waals surface area contributed by atoms with Crippen molar-refractivity contribution < 1.29 is 13.2 Å². The van der Waals surface area contributed by atoms with Crippen LogP contribution < -0.4 is 0 Å². The lowest BCUT2D eigenvalue weighted by Crippen LogP contribution is -2.18. The van der Waals surface area contributed by atoms with Crippen LogP contribution in [0, 0.1) is 0 Å². The molecule has 7 heteroatoms. The van der Waals surface area contributed by atoms with Crippen LogP contribution in [0.3, 0.4) is 0 Å². The van der Waals surface area contributed by atoms with Crippen LogP contribution in [0.2, 0.25) is 5.15 Å². The number of fused-ring (bicyclic) bond motifs is 1. The van der Waals surface area contributed by atoms with E-state index in [1.807, 2.05) is 0 Å². The second-order valence-electron chi connectivity index (χ2n) is 4.07. The van der Waals surface area contributed by atoms with E-state index in [2.05, 4.69) is 9.97 Å². The van der Waals surface area contributed by atoms with Crippen LogP contribution in [0.1, 0.15) is 29.3 Å². The van der Waals surface area contributed by atoms with Crippen molar-refractivity contribution in [1.82, 2.24) is 9.97 Å². The normalized spacial score (nSPS) is 17.6. The highest BCUT2D eigenvalue weighted by Gasteiger charge is 2.24. The van der Waals surface area contributed by atoms with Crippen LogP contribution >= 0.6 is 11.6 Å². The van der Waals surface area contributed by atoms with Gasteiger partial charge in [0.1, 0.15) is 16.2 Å². The van der Waals surface area contributed by atoms with Crippen molar-refractivity contribution in [2.45, 2.75) is 25.2 Å². The Balaban J connectivity index is 2.48. The molecule has 0 aliphatic carbocycles. The highest BCUT2D eigenvalue weighted by Crippen LogP contribution is 2.26.